The van der Waals surface area contributed by atoms with Gasteiger partial charge in [0.05, 0.1) is 6.42 Å². The molecular formula is C18H28O2S. The third kappa shape index (κ3) is 7.03. The van der Waals surface area contributed by atoms with Gasteiger partial charge in [0.15, 0.2) is 0 Å². The summed E-state index contributed by atoms with van der Waals surface area (Å²) < 4.78 is 5.24. The van der Waals surface area contributed by atoms with Crippen LogP contribution in [0.25, 0.3) is 0 Å². The quantitative estimate of drug-likeness (QED) is 0.541. The van der Waals surface area contributed by atoms with Crippen LogP contribution in [0.4, 0.5) is 0 Å². The van der Waals surface area contributed by atoms with Gasteiger partial charge in [-0.1, -0.05) is 52.0 Å². The van der Waals surface area contributed by atoms with Crippen LogP contribution in [0.3, 0.4) is 0 Å². The number of rotatable bonds is 8. The Kier molecular flexibility index (Phi) is 7.87. The van der Waals surface area contributed by atoms with E-state index < -0.39 is 0 Å². The van der Waals surface area contributed by atoms with Crippen molar-refractivity contribution in [2.45, 2.75) is 64.7 Å². The van der Waals surface area contributed by atoms with E-state index in [0.29, 0.717) is 24.9 Å². The molecule has 0 fully saturated rings. The van der Waals surface area contributed by atoms with Crippen LogP contribution in [-0.2, 0) is 16.1 Å². The number of ether oxygens (including phenoxy) is 1. The number of hydrogen-bond donors (Lipinski definition) is 1. The molecule has 0 amide bonds. The monoisotopic (exact) mass is 308 g/mol. The molecule has 0 heterocycles. The Labute approximate surface area is 134 Å². The Bertz CT molecular complexity index is 423. The number of carbonyl (C=O) groups excluding carboxylic acids is 1. The lowest BCUT2D eigenvalue weighted by Crippen LogP contribution is -2.09. The third-order valence-electron chi connectivity index (χ3n) is 3.56. The molecule has 0 spiro atoms. The topological polar surface area (TPSA) is 26.3 Å². The summed E-state index contributed by atoms with van der Waals surface area (Å²) in [7, 11) is 0. The molecule has 21 heavy (non-hydrogen) atoms. The van der Waals surface area contributed by atoms with Crippen LogP contribution in [0, 0.1) is 5.92 Å². The van der Waals surface area contributed by atoms with Crippen molar-refractivity contribution in [1.82, 2.24) is 0 Å². The molecule has 0 bridgehead atoms. The SMILES string of the molecule is CCC(CC(C)C)c1ccc(COC(=O)CC(C)S)cc1. The Balaban J connectivity index is 2.55. The maximum absolute atomic E-state index is 11.5. The molecule has 118 valence electrons. The van der Waals surface area contributed by atoms with E-state index in [4.69, 9.17) is 4.74 Å². The number of esters is 1. The first-order valence-electron chi connectivity index (χ1n) is 7.84. The average Bonchev–Trinajstić information content (AvgIpc) is 2.42. The van der Waals surface area contributed by atoms with E-state index in [1.807, 2.05) is 6.92 Å². The Morgan fingerprint density at radius 2 is 1.81 bits per heavy atom. The minimum atomic E-state index is -0.187. The molecule has 0 radical (unpaired) electrons. The van der Waals surface area contributed by atoms with Crippen molar-refractivity contribution in [2.24, 2.45) is 5.92 Å². The van der Waals surface area contributed by atoms with Gasteiger partial charge in [0.25, 0.3) is 0 Å². The molecule has 1 rings (SSSR count). The summed E-state index contributed by atoms with van der Waals surface area (Å²) in [6.45, 7) is 9.00. The van der Waals surface area contributed by atoms with Crippen LogP contribution in [0.15, 0.2) is 24.3 Å². The van der Waals surface area contributed by atoms with Gasteiger partial charge in [-0.05, 0) is 35.8 Å². The molecule has 0 saturated carbocycles. The molecule has 2 unspecified atom stereocenters. The van der Waals surface area contributed by atoms with Gasteiger partial charge in [-0.2, -0.15) is 12.6 Å². The summed E-state index contributed by atoms with van der Waals surface area (Å²) in [4.78, 5) is 11.5. The van der Waals surface area contributed by atoms with Gasteiger partial charge in [0.2, 0.25) is 0 Å². The first kappa shape index (κ1) is 18.1. The van der Waals surface area contributed by atoms with Crippen molar-refractivity contribution in [3.05, 3.63) is 35.4 Å². The predicted octanol–water partition coefficient (Wildman–Crippen LogP) is 4.98. The maximum Gasteiger partial charge on any atom is 0.307 e. The van der Waals surface area contributed by atoms with Gasteiger partial charge in [0, 0.05) is 5.25 Å². The Hall–Kier alpha value is -0.960. The zero-order valence-corrected chi connectivity index (χ0v) is 14.5. The van der Waals surface area contributed by atoms with Crippen molar-refractivity contribution < 1.29 is 9.53 Å². The van der Waals surface area contributed by atoms with Gasteiger partial charge in [-0.3, -0.25) is 4.79 Å². The summed E-state index contributed by atoms with van der Waals surface area (Å²) in [5, 5.41) is 0.0428. The predicted molar refractivity (Wildman–Crippen MR) is 91.8 cm³/mol. The first-order chi connectivity index (χ1) is 9.92. The molecule has 0 aliphatic rings. The zero-order chi connectivity index (χ0) is 15.8. The van der Waals surface area contributed by atoms with Crippen molar-refractivity contribution in [1.29, 1.82) is 0 Å². The number of hydrogen-bond acceptors (Lipinski definition) is 3. The standard InChI is InChI=1S/C18H28O2S/c1-5-16(10-13(2)3)17-8-6-15(7-9-17)12-20-18(19)11-14(4)21/h6-9,13-14,16,21H,5,10-12H2,1-4H3. The molecule has 0 aromatic heterocycles. The highest BCUT2D eigenvalue weighted by atomic mass is 32.1. The van der Waals surface area contributed by atoms with E-state index in [1.54, 1.807) is 0 Å². The average molecular weight is 308 g/mol. The smallest absolute Gasteiger partial charge is 0.307 e. The van der Waals surface area contributed by atoms with Gasteiger partial charge >= 0.3 is 5.97 Å². The zero-order valence-electron chi connectivity index (χ0n) is 13.6. The number of carbonyl (C=O) groups is 1. The second kappa shape index (κ2) is 9.14. The Morgan fingerprint density at radius 1 is 1.19 bits per heavy atom. The lowest BCUT2D eigenvalue weighted by atomic mass is 9.88. The van der Waals surface area contributed by atoms with E-state index in [-0.39, 0.29) is 11.2 Å². The number of benzene rings is 1. The lowest BCUT2D eigenvalue weighted by Gasteiger charge is -2.18. The van der Waals surface area contributed by atoms with Crippen LogP contribution in [0.1, 0.15) is 64.0 Å². The van der Waals surface area contributed by atoms with E-state index in [1.165, 1.54) is 12.0 Å². The van der Waals surface area contributed by atoms with Gasteiger partial charge in [0.1, 0.15) is 6.61 Å². The van der Waals surface area contributed by atoms with Gasteiger partial charge < -0.3 is 4.74 Å². The summed E-state index contributed by atoms with van der Waals surface area (Å²) in [5.74, 6) is 1.14. The van der Waals surface area contributed by atoms with Crippen molar-refractivity contribution in [2.75, 3.05) is 0 Å². The highest BCUT2D eigenvalue weighted by Gasteiger charge is 2.12. The van der Waals surface area contributed by atoms with E-state index in [2.05, 4.69) is 57.7 Å². The number of thiol groups is 1. The van der Waals surface area contributed by atoms with Crippen molar-refractivity contribution in [3.8, 4) is 0 Å². The van der Waals surface area contributed by atoms with Crippen LogP contribution in [0.5, 0.6) is 0 Å². The largest absolute Gasteiger partial charge is 0.461 e. The second-order valence-corrected chi connectivity index (χ2v) is 7.07. The summed E-state index contributed by atoms with van der Waals surface area (Å²) in [6.07, 6.45) is 2.73. The highest BCUT2D eigenvalue weighted by Crippen LogP contribution is 2.27. The minimum Gasteiger partial charge on any atom is -0.461 e. The molecule has 0 aliphatic carbocycles. The molecule has 3 heteroatoms. The van der Waals surface area contributed by atoms with Crippen LogP contribution in [-0.4, -0.2) is 11.2 Å². The van der Waals surface area contributed by atoms with E-state index >= 15 is 0 Å². The first-order valence-corrected chi connectivity index (χ1v) is 8.36. The molecule has 2 atom stereocenters. The summed E-state index contributed by atoms with van der Waals surface area (Å²) in [6, 6.07) is 8.47. The molecule has 1 aromatic rings. The van der Waals surface area contributed by atoms with Gasteiger partial charge in [-0.25, -0.2) is 0 Å². The molecule has 0 N–H and O–H groups in total. The minimum absolute atomic E-state index is 0.0428. The van der Waals surface area contributed by atoms with Crippen LogP contribution < -0.4 is 0 Å². The van der Waals surface area contributed by atoms with E-state index in [0.717, 1.165) is 12.0 Å². The third-order valence-corrected chi connectivity index (χ3v) is 3.74. The Morgan fingerprint density at radius 3 is 2.29 bits per heavy atom. The summed E-state index contributed by atoms with van der Waals surface area (Å²) in [5.41, 5.74) is 2.42. The fourth-order valence-electron chi connectivity index (χ4n) is 2.46. The maximum atomic E-state index is 11.5. The van der Waals surface area contributed by atoms with Gasteiger partial charge in [-0.15, -0.1) is 0 Å². The molecule has 0 saturated heterocycles. The normalized spacial score (nSPS) is 14.0. The molecular weight excluding hydrogens is 280 g/mol. The molecule has 2 nitrogen and oxygen atoms in total. The lowest BCUT2D eigenvalue weighted by molar-refractivity contribution is -0.144. The molecule has 0 aliphatic heterocycles. The fourth-order valence-corrected chi connectivity index (χ4v) is 2.61. The van der Waals surface area contributed by atoms with Crippen LogP contribution >= 0.6 is 12.6 Å². The second-order valence-electron chi connectivity index (χ2n) is 6.19. The summed E-state index contributed by atoms with van der Waals surface area (Å²) >= 11 is 4.19. The van der Waals surface area contributed by atoms with Crippen LogP contribution in [0.2, 0.25) is 0 Å². The van der Waals surface area contributed by atoms with Crippen molar-refractivity contribution in [3.63, 3.8) is 0 Å². The fraction of sp³-hybridized carbons (Fsp3) is 0.611. The highest BCUT2D eigenvalue weighted by molar-refractivity contribution is 7.80. The van der Waals surface area contributed by atoms with Crippen molar-refractivity contribution >= 4 is 18.6 Å². The molecule has 1 aromatic carbocycles. The van der Waals surface area contributed by atoms with E-state index in [9.17, 15) is 4.79 Å².